The lowest BCUT2D eigenvalue weighted by Gasteiger charge is -2.14. The van der Waals surface area contributed by atoms with Crippen molar-refractivity contribution in [2.24, 2.45) is 7.05 Å². The molecule has 4 aromatic rings. The fourth-order valence-corrected chi connectivity index (χ4v) is 3.84. The minimum Gasteiger partial charge on any atom is -0.482 e. The molecule has 0 radical (unpaired) electrons. The Kier molecular flexibility index (Phi) is 4.66. The Labute approximate surface area is 173 Å². The van der Waals surface area contributed by atoms with Gasteiger partial charge in [0.25, 0.3) is 5.91 Å². The normalized spacial score (nSPS) is 16.3. The number of aryl methyl sites for hydroxylation is 1. The van der Waals surface area contributed by atoms with Crippen LogP contribution < -0.4 is 4.74 Å². The summed E-state index contributed by atoms with van der Waals surface area (Å²) < 4.78 is 13.1. The van der Waals surface area contributed by atoms with Gasteiger partial charge in [-0.2, -0.15) is 5.10 Å². The van der Waals surface area contributed by atoms with Crippen molar-refractivity contribution in [3.05, 3.63) is 72.3 Å². The van der Waals surface area contributed by atoms with Crippen LogP contribution >= 0.6 is 0 Å². The lowest BCUT2D eigenvalue weighted by atomic mass is 10.0. The number of fused-ring (bicyclic) bond motifs is 1. The molecule has 0 spiro atoms. The van der Waals surface area contributed by atoms with Gasteiger partial charge >= 0.3 is 0 Å². The summed E-state index contributed by atoms with van der Waals surface area (Å²) in [7, 11) is 1.90. The van der Waals surface area contributed by atoms with Crippen molar-refractivity contribution in [1.82, 2.24) is 24.6 Å². The zero-order chi connectivity index (χ0) is 20.5. The number of likely N-dealkylation sites (tertiary alicyclic amines) is 1. The fourth-order valence-electron chi connectivity index (χ4n) is 3.84. The average Bonchev–Trinajstić information content (AvgIpc) is 3.52. The van der Waals surface area contributed by atoms with Gasteiger partial charge in [-0.1, -0.05) is 18.2 Å². The third-order valence-corrected chi connectivity index (χ3v) is 5.39. The highest BCUT2D eigenvalue weighted by Gasteiger charge is 2.30. The van der Waals surface area contributed by atoms with Crippen molar-refractivity contribution < 1.29 is 13.9 Å². The second-order valence-electron chi connectivity index (χ2n) is 7.43. The molecule has 8 nitrogen and oxygen atoms in total. The maximum atomic E-state index is 12.8. The molecule has 152 valence electrons. The summed E-state index contributed by atoms with van der Waals surface area (Å²) in [5.41, 5.74) is 2.24. The Morgan fingerprint density at radius 3 is 3.07 bits per heavy atom. The number of aromatic nitrogens is 4. The molecule has 0 N–H and O–H groups in total. The Morgan fingerprint density at radius 1 is 1.30 bits per heavy atom. The molecule has 1 amide bonds. The van der Waals surface area contributed by atoms with Gasteiger partial charge in [-0.05, 0) is 24.1 Å². The maximum Gasteiger partial charge on any atom is 0.275 e. The largest absolute Gasteiger partial charge is 0.482 e. The van der Waals surface area contributed by atoms with Crippen molar-refractivity contribution in [2.75, 3.05) is 13.1 Å². The van der Waals surface area contributed by atoms with E-state index in [0.717, 1.165) is 22.9 Å². The number of nitrogens with zero attached hydrogens (tertiary/aromatic N) is 5. The van der Waals surface area contributed by atoms with Crippen LogP contribution in [-0.2, 0) is 13.7 Å². The third kappa shape index (κ3) is 3.52. The number of carbonyl (C=O) groups is 1. The number of para-hydroxylation sites is 1. The molecule has 1 aromatic carbocycles. The Morgan fingerprint density at radius 2 is 2.20 bits per heavy atom. The SMILES string of the molecule is Cn1cc(C2CCN(C(=O)c3coc(COc4cccc5cccnc45)n3)C2)cn1. The van der Waals surface area contributed by atoms with Gasteiger partial charge in [-0.25, -0.2) is 4.98 Å². The molecule has 4 heterocycles. The molecule has 0 aliphatic carbocycles. The van der Waals surface area contributed by atoms with E-state index in [2.05, 4.69) is 15.1 Å². The topological polar surface area (TPSA) is 86.3 Å². The van der Waals surface area contributed by atoms with E-state index in [-0.39, 0.29) is 12.5 Å². The molecular formula is C22H21N5O3. The first-order valence-corrected chi connectivity index (χ1v) is 9.86. The van der Waals surface area contributed by atoms with Crippen LogP contribution in [0.5, 0.6) is 5.75 Å². The highest BCUT2D eigenvalue weighted by Crippen LogP contribution is 2.28. The molecule has 1 aliphatic rings. The number of pyridine rings is 1. The number of rotatable bonds is 5. The van der Waals surface area contributed by atoms with Gasteiger partial charge in [-0.3, -0.25) is 14.5 Å². The number of oxazole rings is 1. The van der Waals surface area contributed by atoms with E-state index in [1.54, 1.807) is 10.9 Å². The van der Waals surface area contributed by atoms with Crippen molar-refractivity contribution >= 4 is 16.8 Å². The van der Waals surface area contributed by atoms with Gasteiger partial charge in [0.1, 0.15) is 17.5 Å². The lowest BCUT2D eigenvalue weighted by molar-refractivity contribution is 0.0785. The van der Waals surface area contributed by atoms with E-state index in [1.165, 1.54) is 6.26 Å². The van der Waals surface area contributed by atoms with Crippen LogP contribution in [0.1, 0.15) is 34.3 Å². The summed E-state index contributed by atoms with van der Waals surface area (Å²) in [6.07, 6.45) is 7.92. The summed E-state index contributed by atoms with van der Waals surface area (Å²) in [5, 5.41) is 5.22. The Balaban J connectivity index is 1.24. The van der Waals surface area contributed by atoms with Gasteiger partial charge in [0, 0.05) is 43.8 Å². The first kappa shape index (κ1) is 18.4. The molecule has 3 aromatic heterocycles. The van der Waals surface area contributed by atoms with E-state index in [9.17, 15) is 4.79 Å². The van der Waals surface area contributed by atoms with Crippen LogP contribution in [0.2, 0.25) is 0 Å². The zero-order valence-corrected chi connectivity index (χ0v) is 16.6. The van der Waals surface area contributed by atoms with E-state index >= 15 is 0 Å². The Hall–Kier alpha value is -3.68. The molecule has 1 aliphatic heterocycles. The number of amides is 1. The molecule has 1 unspecified atom stereocenters. The number of benzene rings is 1. The van der Waals surface area contributed by atoms with Crippen molar-refractivity contribution in [2.45, 2.75) is 18.9 Å². The molecule has 8 heteroatoms. The number of hydrogen-bond acceptors (Lipinski definition) is 6. The predicted octanol–water partition coefficient (Wildman–Crippen LogP) is 3.17. The number of hydrogen-bond donors (Lipinski definition) is 0. The molecule has 1 saturated heterocycles. The first-order valence-electron chi connectivity index (χ1n) is 9.86. The van der Waals surface area contributed by atoms with Gasteiger partial charge in [0.2, 0.25) is 5.89 Å². The van der Waals surface area contributed by atoms with E-state index in [4.69, 9.17) is 9.15 Å². The zero-order valence-electron chi connectivity index (χ0n) is 16.6. The highest BCUT2D eigenvalue weighted by molar-refractivity contribution is 5.92. The van der Waals surface area contributed by atoms with E-state index < -0.39 is 0 Å². The third-order valence-electron chi connectivity index (χ3n) is 5.39. The van der Waals surface area contributed by atoms with Crippen LogP contribution in [0.4, 0.5) is 0 Å². The van der Waals surface area contributed by atoms with Crippen LogP contribution in [-0.4, -0.2) is 43.6 Å². The molecule has 1 atom stereocenters. The van der Waals surface area contributed by atoms with Gasteiger partial charge < -0.3 is 14.1 Å². The lowest BCUT2D eigenvalue weighted by Crippen LogP contribution is -2.28. The van der Waals surface area contributed by atoms with Gasteiger partial charge in [0.15, 0.2) is 12.3 Å². The van der Waals surface area contributed by atoms with Crippen LogP contribution in [0.15, 0.2) is 59.6 Å². The maximum absolute atomic E-state index is 12.8. The van der Waals surface area contributed by atoms with Crippen molar-refractivity contribution in [3.8, 4) is 5.75 Å². The summed E-state index contributed by atoms with van der Waals surface area (Å²) in [6.45, 7) is 1.48. The van der Waals surface area contributed by atoms with Crippen molar-refractivity contribution in [1.29, 1.82) is 0 Å². The molecule has 5 rings (SSSR count). The first-order chi connectivity index (χ1) is 14.7. The van der Waals surface area contributed by atoms with Gasteiger partial charge in [-0.15, -0.1) is 0 Å². The van der Waals surface area contributed by atoms with E-state index in [0.29, 0.717) is 36.3 Å². The smallest absolute Gasteiger partial charge is 0.275 e. The highest BCUT2D eigenvalue weighted by atomic mass is 16.5. The van der Waals surface area contributed by atoms with E-state index in [1.807, 2.05) is 54.7 Å². The Bertz CT molecular complexity index is 1190. The summed E-state index contributed by atoms with van der Waals surface area (Å²) in [6, 6.07) is 9.61. The molecule has 30 heavy (non-hydrogen) atoms. The fraction of sp³-hybridized carbons (Fsp3) is 0.273. The second kappa shape index (κ2) is 7.62. The summed E-state index contributed by atoms with van der Waals surface area (Å²) in [5.74, 6) is 1.19. The van der Waals surface area contributed by atoms with Crippen molar-refractivity contribution in [3.63, 3.8) is 0 Å². The monoisotopic (exact) mass is 403 g/mol. The number of carbonyl (C=O) groups excluding carboxylic acids is 1. The van der Waals surface area contributed by atoms with Crippen LogP contribution in [0.3, 0.4) is 0 Å². The predicted molar refractivity (Wildman–Crippen MR) is 109 cm³/mol. The summed E-state index contributed by atoms with van der Waals surface area (Å²) >= 11 is 0. The molecule has 0 bridgehead atoms. The molecule has 1 fully saturated rings. The quantitative estimate of drug-likeness (QED) is 0.509. The van der Waals surface area contributed by atoms with Crippen LogP contribution in [0, 0.1) is 0 Å². The van der Waals surface area contributed by atoms with Gasteiger partial charge in [0.05, 0.1) is 6.20 Å². The minimum absolute atomic E-state index is 0.122. The average molecular weight is 403 g/mol. The standard InChI is InChI=1S/C22H21N5O3/c1-26-11-17(10-24-26)16-7-9-27(12-16)22(28)18-13-30-20(25-18)14-29-19-6-2-4-15-5-3-8-23-21(15)19/h2-6,8,10-11,13,16H,7,9,12,14H2,1H3. The molecule has 0 saturated carbocycles. The molecular weight excluding hydrogens is 382 g/mol. The summed E-state index contributed by atoms with van der Waals surface area (Å²) in [4.78, 5) is 23.3. The van der Waals surface area contributed by atoms with Crippen LogP contribution in [0.25, 0.3) is 10.9 Å². The number of ether oxygens (including phenoxy) is 1. The minimum atomic E-state index is -0.122. The second-order valence-corrected chi connectivity index (χ2v) is 7.43.